The highest BCUT2D eigenvalue weighted by Crippen LogP contribution is 2.28. The second-order valence-electron chi connectivity index (χ2n) is 4.14. The van der Waals surface area contributed by atoms with Gasteiger partial charge in [0, 0.05) is 0 Å². The molecule has 7 heteroatoms. The van der Waals surface area contributed by atoms with E-state index >= 15 is 0 Å². The third kappa shape index (κ3) is 3.02. The first-order valence-electron chi connectivity index (χ1n) is 5.65. The molecule has 0 aliphatic carbocycles. The summed E-state index contributed by atoms with van der Waals surface area (Å²) < 4.78 is 22.9. The van der Waals surface area contributed by atoms with Gasteiger partial charge in [-0.05, 0) is 24.3 Å². The zero-order chi connectivity index (χ0) is 14.0. The number of aliphatic hydroxyl groups excluding tert-OH is 4. The molecule has 0 bridgehead atoms. The topological polar surface area (TPSA) is 99.4 Å². The Balaban J connectivity index is 2.08. The van der Waals surface area contributed by atoms with Gasteiger partial charge in [-0.15, -0.1) is 0 Å². The number of hydrogen-bond acceptors (Lipinski definition) is 6. The molecule has 1 aliphatic heterocycles. The lowest BCUT2D eigenvalue weighted by Gasteiger charge is -2.38. The summed E-state index contributed by atoms with van der Waals surface area (Å²) in [5.74, 6) is -0.262. The molecule has 0 unspecified atom stereocenters. The molecule has 105 valence electrons. The summed E-state index contributed by atoms with van der Waals surface area (Å²) in [5, 5.41) is 37.8. The van der Waals surface area contributed by atoms with Crippen molar-refractivity contribution in [2.75, 3.05) is 6.61 Å². The highest BCUT2D eigenvalue weighted by atomic mass is 19.1. The molecule has 1 fully saturated rings. The number of hydrogen-bond donors (Lipinski definition) is 4. The van der Waals surface area contributed by atoms with E-state index in [9.17, 15) is 19.7 Å². The molecule has 0 spiro atoms. The number of ether oxygens (including phenoxy) is 2. The van der Waals surface area contributed by atoms with Gasteiger partial charge < -0.3 is 29.9 Å². The Morgan fingerprint density at radius 3 is 2.32 bits per heavy atom. The third-order valence-electron chi connectivity index (χ3n) is 2.78. The lowest BCUT2D eigenvalue weighted by atomic mass is 9.99. The molecule has 0 amide bonds. The van der Waals surface area contributed by atoms with Gasteiger partial charge in [-0.3, -0.25) is 0 Å². The van der Waals surface area contributed by atoms with Gasteiger partial charge in [0.15, 0.2) is 6.10 Å². The van der Waals surface area contributed by atoms with E-state index in [-0.39, 0.29) is 12.0 Å². The van der Waals surface area contributed by atoms with Crippen molar-refractivity contribution in [2.24, 2.45) is 0 Å². The van der Waals surface area contributed by atoms with Crippen LogP contribution in [0.2, 0.25) is 0 Å². The molecule has 4 atom stereocenters. The lowest BCUT2D eigenvalue weighted by molar-refractivity contribution is -0.224. The average Bonchev–Trinajstić information content (AvgIpc) is 2.42. The first-order chi connectivity index (χ1) is 9.02. The second kappa shape index (κ2) is 5.81. The minimum absolute atomic E-state index is 0.190. The summed E-state index contributed by atoms with van der Waals surface area (Å²) in [4.78, 5) is 0. The van der Waals surface area contributed by atoms with E-state index in [1.54, 1.807) is 0 Å². The molecule has 1 saturated heterocycles. The second-order valence-corrected chi connectivity index (χ2v) is 4.14. The van der Waals surface area contributed by atoms with E-state index in [1.807, 2.05) is 0 Å². The van der Waals surface area contributed by atoms with Crippen LogP contribution in [0.5, 0.6) is 5.75 Å². The molecule has 0 aromatic heterocycles. The van der Waals surface area contributed by atoms with Crippen molar-refractivity contribution in [1.29, 1.82) is 0 Å². The van der Waals surface area contributed by atoms with Crippen molar-refractivity contribution in [2.45, 2.75) is 24.4 Å². The van der Waals surface area contributed by atoms with Crippen LogP contribution < -0.4 is 4.74 Å². The summed E-state index contributed by atoms with van der Waals surface area (Å²) >= 11 is 0. The predicted molar refractivity (Wildman–Crippen MR) is 60.3 cm³/mol. The zero-order valence-electron chi connectivity index (χ0n) is 9.81. The normalized spacial score (nSPS) is 32.3. The fraction of sp³-hybridized carbons (Fsp3) is 0.417. The van der Waals surface area contributed by atoms with E-state index in [2.05, 4.69) is 0 Å². The van der Waals surface area contributed by atoms with Crippen molar-refractivity contribution in [1.82, 2.24) is 0 Å². The van der Waals surface area contributed by atoms with Crippen molar-refractivity contribution in [3.8, 4) is 5.75 Å². The quantitative estimate of drug-likeness (QED) is 0.573. The van der Waals surface area contributed by atoms with Gasteiger partial charge in [0.1, 0.15) is 29.9 Å². The summed E-state index contributed by atoms with van der Waals surface area (Å²) in [6.45, 7) is -0.554. The van der Waals surface area contributed by atoms with Crippen molar-refractivity contribution in [3.05, 3.63) is 36.4 Å². The van der Waals surface area contributed by atoms with Crippen molar-refractivity contribution >= 4 is 0 Å². The Labute approximate surface area is 108 Å². The summed E-state index contributed by atoms with van der Waals surface area (Å²) in [6.07, 6.45) is -6.00. The fourth-order valence-electron chi connectivity index (χ4n) is 1.68. The molecular weight excluding hydrogens is 259 g/mol. The summed E-state index contributed by atoms with van der Waals surface area (Å²) in [6, 6.07) is 4.92. The van der Waals surface area contributed by atoms with Gasteiger partial charge in [0.2, 0.25) is 0 Å². The van der Waals surface area contributed by atoms with Crippen LogP contribution in [0.3, 0.4) is 0 Å². The average molecular weight is 273 g/mol. The van der Waals surface area contributed by atoms with Gasteiger partial charge in [0.05, 0.1) is 6.61 Å². The number of halogens is 1. The van der Waals surface area contributed by atoms with Gasteiger partial charge in [-0.1, -0.05) is 0 Å². The Hall–Kier alpha value is -1.25. The maximum absolute atomic E-state index is 12.7. The van der Waals surface area contributed by atoms with Crippen LogP contribution in [-0.2, 0) is 4.74 Å². The van der Waals surface area contributed by atoms with Crippen molar-refractivity contribution in [3.63, 3.8) is 0 Å². The Morgan fingerprint density at radius 1 is 1.11 bits per heavy atom. The SMILES string of the molecule is OC[C@H]1O[C](Oc2ccc(F)cc2)[C@@H](O)[C@H](O)[C@@H]1O. The van der Waals surface area contributed by atoms with E-state index in [1.165, 1.54) is 12.1 Å². The Morgan fingerprint density at radius 2 is 1.74 bits per heavy atom. The molecule has 1 radical (unpaired) electrons. The first-order valence-corrected chi connectivity index (χ1v) is 5.65. The van der Waals surface area contributed by atoms with E-state index in [0.29, 0.717) is 0 Å². The van der Waals surface area contributed by atoms with Gasteiger partial charge in [0.25, 0.3) is 0 Å². The van der Waals surface area contributed by atoms with Gasteiger partial charge in [-0.2, -0.15) is 0 Å². The summed E-state index contributed by atoms with van der Waals surface area (Å²) in [5.41, 5.74) is 0. The monoisotopic (exact) mass is 273 g/mol. The highest BCUT2D eigenvalue weighted by Gasteiger charge is 2.46. The maximum atomic E-state index is 12.7. The summed E-state index contributed by atoms with van der Waals surface area (Å²) in [7, 11) is 0. The van der Waals surface area contributed by atoms with Gasteiger partial charge in [-0.25, -0.2) is 4.39 Å². The van der Waals surface area contributed by atoms with Crippen LogP contribution in [-0.4, -0.2) is 51.4 Å². The van der Waals surface area contributed by atoms with E-state index in [0.717, 1.165) is 12.1 Å². The molecule has 4 N–H and O–H groups in total. The molecule has 1 aliphatic rings. The van der Waals surface area contributed by atoms with E-state index in [4.69, 9.17) is 14.6 Å². The molecule has 1 aromatic carbocycles. The molecule has 1 aromatic rings. The van der Waals surface area contributed by atoms with Crippen LogP contribution in [0.25, 0.3) is 0 Å². The molecular formula is C12H14FO6. The third-order valence-corrected chi connectivity index (χ3v) is 2.78. The Bertz CT molecular complexity index is 409. The predicted octanol–water partition coefficient (Wildman–Crippen LogP) is -0.832. The van der Waals surface area contributed by atoms with Crippen LogP contribution >= 0.6 is 0 Å². The number of aliphatic hydroxyl groups is 4. The smallest absolute Gasteiger partial charge is 0.309 e. The van der Waals surface area contributed by atoms with Crippen molar-refractivity contribution < 1.29 is 34.3 Å². The van der Waals surface area contributed by atoms with Crippen LogP contribution in [0.4, 0.5) is 4.39 Å². The first kappa shape index (κ1) is 14.2. The molecule has 6 nitrogen and oxygen atoms in total. The standard InChI is InChI=1S/C12H14FO6/c13-6-1-3-7(4-2-6)18-12-11(17)10(16)9(15)8(5-14)19-12/h1-4,8-11,14-17H,5H2/t8-,9-,10-,11+/m1/s1. The molecule has 2 rings (SSSR count). The highest BCUT2D eigenvalue weighted by molar-refractivity contribution is 5.23. The zero-order valence-corrected chi connectivity index (χ0v) is 9.81. The number of benzene rings is 1. The minimum atomic E-state index is -1.57. The maximum Gasteiger partial charge on any atom is 0.309 e. The largest absolute Gasteiger partial charge is 0.453 e. The lowest BCUT2D eigenvalue weighted by Crippen LogP contribution is -2.56. The van der Waals surface area contributed by atoms with Crippen LogP contribution in [0.1, 0.15) is 0 Å². The molecule has 19 heavy (non-hydrogen) atoms. The van der Waals surface area contributed by atoms with Crippen LogP contribution in [0.15, 0.2) is 24.3 Å². The molecule has 1 heterocycles. The fourth-order valence-corrected chi connectivity index (χ4v) is 1.68. The van der Waals surface area contributed by atoms with Crippen LogP contribution in [0, 0.1) is 12.1 Å². The minimum Gasteiger partial charge on any atom is -0.453 e. The number of rotatable bonds is 3. The van der Waals surface area contributed by atoms with Gasteiger partial charge >= 0.3 is 6.29 Å². The van der Waals surface area contributed by atoms with E-state index < -0.39 is 36.8 Å². The molecule has 0 saturated carbocycles. The Kier molecular flexibility index (Phi) is 4.33.